The second-order valence-corrected chi connectivity index (χ2v) is 7.83. The summed E-state index contributed by atoms with van der Waals surface area (Å²) in [7, 11) is 0. The van der Waals surface area contributed by atoms with Gasteiger partial charge in [0.05, 0.1) is 16.7 Å². The molecule has 0 bridgehead atoms. The first-order chi connectivity index (χ1) is 13.8. The maximum atomic E-state index is 14.2. The fraction of sp³-hybridized carbons (Fsp3) is 0.286. The minimum atomic E-state index is -0.595. The zero-order valence-corrected chi connectivity index (χ0v) is 16.3. The van der Waals surface area contributed by atoms with Crippen LogP contribution in [0.1, 0.15) is 12.8 Å². The number of aromatic amines is 1. The molecule has 1 saturated heterocycles. The molecule has 29 heavy (non-hydrogen) atoms. The maximum absolute atomic E-state index is 14.2. The first kappa shape index (κ1) is 19.7. The first-order valence-electron chi connectivity index (χ1n) is 9.28. The minimum Gasteiger partial charge on any atom is -0.491 e. The van der Waals surface area contributed by atoms with Crippen molar-refractivity contribution in [1.29, 1.82) is 0 Å². The van der Waals surface area contributed by atoms with Crippen LogP contribution >= 0.6 is 11.6 Å². The molecular weight excluding hydrogens is 400 g/mol. The van der Waals surface area contributed by atoms with Crippen molar-refractivity contribution in [3.05, 3.63) is 69.5 Å². The van der Waals surface area contributed by atoms with Crippen molar-refractivity contribution in [2.75, 3.05) is 24.6 Å². The lowest BCUT2D eigenvalue weighted by atomic mass is 9.89. The van der Waals surface area contributed by atoms with Gasteiger partial charge >= 0.3 is 0 Å². The molecule has 0 spiro atoms. The molecule has 1 fully saturated rings. The Bertz CT molecular complexity index is 1110. The van der Waals surface area contributed by atoms with E-state index in [0.29, 0.717) is 47.8 Å². The fourth-order valence-corrected chi connectivity index (χ4v) is 3.77. The Kier molecular flexibility index (Phi) is 5.19. The number of benzene rings is 2. The molecule has 1 aromatic heterocycles. The van der Waals surface area contributed by atoms with Gasteiger partial charge in [0.1, 0.15) is 24.0 Å². The summed E-state index contributed by atoms with van der Waals surface area (Å²) in [4.78, 5) is 15.9. The Hall–Kier alpha value is -2.64. The van der Waals surface area contributed by atoms with E-state index in [1.54, 1.807) is 12.1 Å². The third-order valence-electron chi connectivity index (χ3n) is 5.33. The van der Waals surface area contributed by atoms with E-state index in [0.717, 1.165) is 0 Å². The molecule has 0 aliphatic carbocycles. The third kappa shape index (κ3) is 4.06. The number of nitrogens with two attached hydrogens (primary N) is 1. The van der Waals surface area contributed by atoms with E-state index >= 15 is 0 Å². The quantitative estimate of drug-likeness (QED) is 0.674. The number of ether oxygens (including phenoxy) is 1. The molecule has 0 atom stereocenters. The van der Waals surface area contributed by atoms with Gasteiger partial charge in [-0.3, -0.25) is 4.79 Å². The Labute approximate surface area is 171 Å². The Balaban J connectivity index is 1.45. The molecule has 3 aromatic rings. The lowest BCUT2D eigenvalue weighted by Crippen LogP contribution is -2.54. The zero-order valence-electron chi connectivity index (χ0n) is 15.6. The van der Waals surface area contributed by atoms with Crippen molar-refractivity contribution >= 4 is 28.2 Å². The van der Waals surface area contributed by atoms with Crippen molar-refractivity contribution in [1.82, 2.24) is 4.98 Å². The van der Waals surface area contributed by atoms with E-state index in [2.05, 4.69) is 4.98 Å². The average Bonchev–Trinajstić information content (AvgIpc) is 2.69. The van der Waals surface area contributed by atoms with Crippen LogP contribution in [0, 0.1) is 11.6 Å². The van der Waals surface area contributed by atoms with Gasteiger partial charge in [0.15, 0.2) is 0 Å². The summed E-state index contributed by atoms with van der Waals surface area (Å²) >= 11 is 5.82. The lowest BCUT2D eigenvalue weighted by Gasteiger charge is -2.40. The molecule has 8 heteroatoms. The predicted molar refractivity (Wildman–Crippen MR) is 110 cm³/mol. The Morgan fingerprint density at radius 2 is 1.86 bits per heavy atom. The molecule has 152 valence electrons. The SMILES string of the molecule is NC1(COc2ccc(F)c3[nH]c(=O)ccc23)CCN(c2ccc(Cl)cc2F)CC1. The standard InChI is InChI=1S/C21H20ClF2N3O2/c22-13-1-4-17(16(24)11-13)27-9-7-21(25,8-10-27)12-29-18-5-3-15(23)20-14(18)2-6-19(28)26-20/h1-6,11H,7-10,12,25H2,(H,26,28). The molecular formula is C21H20ClF2N3O2. The van der Waals surface area contributed by atoms with Crippen molar-refractivity contribution in [3.8, 4) is 5.75 Å². The van der Waals surface area contributed by atoms with Gasteiger partial charge in [-0.1, -0.05) is 11.6 Å². The van der Waals surface area contributed by atoms with Crippen LogP contribution in [0.2, 0.25) is 5.02 Å². The zero-order chi connectivity index (χ0) is 20.6. The van der Waals surface area contributed by atoms with Gasteiger partial charge in [0.25, 0.3) is 0 Å². The molecule has 3 N–H and O–H groups in total. The molecule has 1 aliphatic rings. The topological polar surface area (TPSA) is 71.3 Å². The summed E-state index contributed by atoms with van der Waals surface area (Å²) in [5, 5.41) is 0.839. The first-order valence-corrected chi connectivity index (χ1v) is 9.66. The van der Waals surface area contributed by atoms with E-state index in [-0.39, 0.29) is 23.5 Å². The molecule has 1 aliphatic heterocycles. The van der Waals surface area contributed by atoms with Crippen molar-refractivity contribution in [2.45, 2.75) is 18.4 Å². The smallest absolute Gasteiger partial charge is 0.248 e. The van der Waals surface area contributed by atoms with Gasteiger partial charge in [0.2, 0.25) is 5.56 Å². The van der Waals surface area contributed by atoms with Gasteiger partial charge in [0, 0.05) is 29.6 Å². The van der Waals surface area contributed by atoms with Crippen molar-refractivity contribution in [2.24, 2.45) is 5.73 Å². The van der Waals surface area contributed by atoms with Crippen molar-refractivity contribution in [3.63, 3.8) is 0 Å². The summed E-state index contributed by atoms with van der Waals surface area (Å²) in [6.45, 7) is 1.38. The summed E-state index contributed by atoms with van der Waals surface area (Å²) in [6.07, 6.45) is 1.20. The highest BCUT2D eigenvalue weighted by molar-refractivity contribution is 6.30. The van der Waals surface area contributed by atoms with Crippen LogP contribution in [0.25, 0.3) is 10.9 Å². The van der Waals surface area contributed by atoms with Crippen LogP contribution < -0.4 is 20.9 Å². The van der Waals surface area contributed by atoms with Crippen LogP contribution in [0.15, 0.2) is 47.3 Å². The van der Waals surface area contributed by atoms with Crippen LogP contribution in [-0.4, -0.2) is 30.2 Å². The van der Waals surface area contributed by atoms with E-state index in [1.165, 1.54) is 30.3 Å². The van der Waals surface area contributed by atoms with E-state index in [9.17, 15) is 13.6 Å². The molecule has 0 unspecified atom stereocenters. The van der Waals surface area contributed by atoms with Gasteiger partial charge < -0.3 is 20.4 Å². The van der Waals surface area contributed by atoms with E-state index < -0.39 is 11.4 Å². The summed E-state index contributed by atoms with van der Waals surface area (Å²) in [5.41, 5.74) is 6.14. The minimum absolute atomic E-state index is 0.106. The molecule has 4 rings (SSSR count). The fourth-order valence-electron chi connectivity index (χ4n) is 3.61. The number of halogens is 3. The number of piperidine rings is 1. The third-order valence-corrected chi connectivity index (χ3v) is 5.56. The second-order valence-electron chi connectivity index (χ2n) is 7.39. The van der Waals surface area contributed by atoms with Crippen LogP contribution in [-0.2, 0) is 0 Å². The van der Waals surface area contributed by atoms with Crippen LogP contribution in [0.3, 0.4) is 0 Å². The second kappa shape index (κ2) is 7.65. The van der Waals surface area contributed by atoms with Gasteiger partial charge in [-0.2, -0.15) is 0 Å². The van der Waals surface area contributed by atoms with Gasteiger partial charge in [-0.15, -0.1) is 0 Å². The highest BCUT2D eigenvalue weighted by Gasteiger charge is 2.32. The molecule has 2 heterocycles. The molecule has 2 aromatic carbocycles. The normalized spacial score (nSPS) is 16.2. The van der Waals surface area contributed by atoms with Crippen LogP contribution in [0.4, 0.5) is 14.5 Å². The number of pyridine rings is 1. The summed E-state index contributed by atoms with van der Waals surface area (Å²) in [6, 6.07) is 10.3. The number of fused-ring (bicyclic) bond motifs is 1. The average molecular weight is 420 g/mol. The maximum Gasteiger partial charge on any atom is 0.248 e. The number of hydrogen-bond acceptors (Lipinski definition) is 4. The summed E-state index contributed by atoms with van der Waals surface area (Å²) < 4.78 is 34.1. The number of hydrogen-bond donors (Lipinski definition) is 2. The van der Waals surface area contributed by atoms with Crippen LogP contribution in [0.5, 0.6) is 5.75 Å². The molecule has 5 nitrogen and oxygen atoms in total. The highest BCUT2D eigenvalue weighted by atomic mass is 35.5. The molecule has 0 saturated carbocycles. The number of H-pyrrole nitrogens is 1. The highest BCUT2D eigenvalue weighted by Crippen LogP contribution is 2.30. The predicted octanol–water partition coefficient (Wildman–Crippen LogP) is 3.84. The number of aromatic nitrogens is 1. The monoisotopic (exact) mass is 419 g/mol. The van der Waals surface area contributed by atoms with E-state index in [1.807, 2.05) is 4.90 Å². The number of anilines is 1. The molecule has 0 amide bonds. The van der Waals surface area contributed by atoms with Gasteiger partial charge in [-0.25, -0.2) is 8.78 Å². The van der Waals surface area contributed by atoms with E-state index in [4.69, 9.17) is 22.1 Å². The number of nitrogens with zero attached hydrogens (tertiary/aromatic N) is 1. The number of rotatable bonds is 4. The van der Waals surface area contributed by atoms with Crippen molar-refractivity contribution < 1.29 is 13.5 Å². The molecule has 0 radical (unpaired) electrons. The summed E-state index contributed by atoms with van der Waals surface area (Å²) in [5.74, 6) is -0.426. The Morgan fingerprint density at radius 1 is 1.10 bits per heavy atom. The number of nitrogens with one attached hydrogen (secondary N) is 1. The van der Waals surface area contributed by atoms with Gasteiger partial charge in [-0.05, 0) is 49.2 Å². The lowest BCUT2D eigenvalue weighted by molar-refractivity contribution is 0.189. The Morgan fingerprint density at radius 3 is 2.59 bits per heavy atom. The largest absolute Gasteiger partial charge is 0.491 e.